The van der Waals surface area contributed by atoms with E-state index in [1.54, 1.807) is 12.1 Å². The number of benzene rings is 1. The Morgan fingerprint density at radius 3 is 2.63 bits per heavy atom. The minimum Gasteiger partial charge on any atom is -0.310 e. The van der Waals surface area contributed by atoms with Crippen molar-refractivity contribution in [3.63, 3.8) is 0 Å². The third-order valence-corrected chi connectivity index (χ3v) is 5.36. The average Bonchev–Trinajstić information content (AvgIpc) is 2.65. The molecule has 19 heavy (non-hydrogen) atoms. The lowest BCUT2D eigenvalue weighted by molar-refractivity contribution is -0.117. The number of aryl methyl sites for hydroxylation is 1. The van der Waals surface area contributed by atoms with Gasteiger partial charge in [-0.1, -0.05) is 11.6 Å². The van der Waals surface area contributed by atoms with Gasteiger partial charge in [-0.25, -0.2) is 13.6 Å². The van der Waals surface area contributed by atoms with Gasteiger partial charge in [-0.2, -0.15) is 0 Å². The molecule has 0 aliphatic carbocycles. The van der Waals surface area contributed by atoms with E-state index in [9.17, 15) is 13.2 Å². The molecular formula is C11H12BrClN2O3S. The van der Waals surface area contributed by atoms with Crippen LogP contribution in [0.1, 0.15) is 12.0 Å². The number of hydrogen-bond acceptors (Lipinski definition) is 3. The maximum absolute atomic E-state index is 11.9. The summed E-state index contributed by atoms with van der Waals surface area (Å²) in [5.74, 6) is -0.278. The lowest BCUT2D eigenvalue weighted by atomic mass is 10.2. The Morgan fingerprint density at radius 1 is 1.47 bits per heavy atom. The second kappa shape index (κ2) is 5.05. The molecule has 1 aromatic carbocycles. The molecule has 1 saturated heterocycles. The van der Waals surface area contributed by atoms with E-state index in [0.29, 0.717) is 15.2 Å². The number of hydrogen-bond donors (Lipinski definition) is 1. The number of primary sulfonamides is 1. The number of halogens is 2. The fourth-order valence-corrected chi connectivity index (χ4v) is 3.53. The summed E-state index contributed by atoms with van der Waals surface area (Å²) in [7, 11) is -3.72. The molecule has 104 valence electrons. The van der Waals surface area contributed by atoms with Crippen LogP contribution in [-0.2, 0) is 14.8 Å². The molecule has 8 heteroatoms. The molecule has 1 fully saturated rings. The largest absolute Gasteiger partial charge is 0.310 e. The first-order valence-electron chi connectivity index (χ1n) is 5.48. The quantitative estimate of drug-likeness (QED) is 0.865. The van der Waals surface area contributed by atoms with Crippen LogP contribution in [0.4, 0.5) is 5.69 Å². The van der Waals surface area contributed by atoms with Gasteiger partial charge in [0.15, 0.2) is 0 Å². The van der Waals surface area contributed by atoms with Crippen molar-refractivity contribution >= 4 is 49.1 Å². The maximum Gasteiger partial charge on any atom is 0.228 e. The van der Waals surface area contributed by atoms with E-state index >= 15 is 0 Å². The molecule has 0 aromatic heterocycles. The van der Waals surface area contributed by atoms with Crippen LogP contribution < -0.4 is 10.0 Å². The first kappa shape index (κ1) is 14.8. The Hall–Kier alpha value is -0.630. The van der Waals surface area contributed by atoms with Gasteiger partial charge >= 0.3 is 0 Å². The second-order valence-electron chi connectivity index (χ2n) is 4.47. The fraction of sp³-hybridized carbons (Fsp3) is 0.364. The summed E-state index contributed by atoms with van der Waals surface area (Å²) in [4.78, 5) is 13.3. The molecule has 1 aliphatic heterocycles. The van der Waals surface area contributed by atoms with Crippen LogP contribution in [0, 0.1) is 6.92 Å². The molecule has 0 saturated carbocycles. The van der Waals surface area contributed by atoms with Gasteiger partial charge in [0.1, 0.15) is 5.25 Å². The predicted octanol–water partition coefficient (Wildman–Crippen LogP) is 1.80. The molecule has 1 aliphatic rings. The van der Waals surface area contributed by atoms with E-state index in [0.717, 1.165) is 5.56 Å². The maximum atomic E-state index is 11.9. The molecular weight excluding hydrogens is 356 g/mol. The highest BCUT2D eigenvalue weighted by Crippen LogP contribution is 2.34. The lowest BCUT2D eigenvalue weighted by Gasteiger charge is -2.19. The summed E-state index contributed by atoms with van der Waals surface area (Å²) in [5.41, 5.74) is 1.43. The van der Waals surface area contributed by atoms with Crippen LogP contribution in [0.25, 0.3) is 0 Å². The van der Waals surface area contributed by atoms with Crippen molar-refractivity contribution in [3.05, 3.63) is 27.2 Å². The van der Waals surface area contributed by atoms with Crippen molar-refractivity contribution in [2.24, 2.45) is 5.14 Å². The molecule has 1 aromatic rings. The minimum atomic E-state index is -3.72. The van der Waals surface area contributed by atoms with Crippen LogP contribution in [0.5, 0.6) is 0 Å². The Labute approximate surface area is 124 Å². The highest BCUT2D eigenvalue weighted by Gasteiger charge is 2.37. The Bertz CT molecular complexity index is 648. The molecule has 1 atom stereocenters. The van der Waals surface area contributed by atoms with Crippen molar-refractivity contribution in [2.45, 2.75) is 18.6 Å². The van der Waals surface area contributed by atoms with Gasteiger partial charge in [0, 0.05) is 22.5 Å². The van der Waals surface area contributed by atoms with Gasteiger partial charge in [0.2, 0.25) is 15.9 Å². The number of carbonyl (C=O) groups is 1. The van der Waals surface area contributed by atoms with Crippen LogP contribution in [0.2, 0.25) is 5.02 Å². The summed E-state index contributed by atoms with van der Waals surface area (Å²) < 4.78 is 23.3. The zero-order chi connectivity index (χ0) is 14.4. The third-order valence-electron chi connectivity index (χ3n) is 3.07. The minimum absolute atomic E-state index is 0.0512. The highest BCUT2D eigenvalue weighted by atomic mass is 79.9. The second-order valence-corrected chi connectivity index (χ2v) is 7.58. The summed E-state index contributed by atoms with van der Waals surface area (Å²) in [6.07, 6.45) is -0.100. The monoisotopic (exact) mass is 366 g/mol. The molecule has 2 rings (SSSR count). The van der Waals surface area contributed by atoms with E-state index in [-0.39, 0.29) is 18.9 Å². The van der Waals surface area contributed by atoms with Gasteiger partial charge < -0.3 is 4.90 Å². The van der Waals surface area contributed by atoms with Gasteiger partial charge in [0.25, 0.3) is 0 Å². The lowest BCUT2D eigenvalue weighted by Crippen LogP contribution is -2.32. The molecule has 0 radical (unpaired) electrons. The van der Waals surface area contributed by atoms with E-state index in [1.165, 1.54) is 4.90 Å². The molecule has 1 amide bonds. The van der Waals surface area contributed by atoms with Crippen molar-refractivity contribution < 1.29 is 13.2 Å². The molecule has 5 nitrogen and oxygen atoms in total. The van der Waals surface area contributed by atoms with Gasteiger partial charge in [-0.05, 0) is 40.5 Å². The molecule has 1 unspecified atom stereocenters. The summed E-state index contributed by atoms with van der Waals surface area (Å²) in [6.45, 7) is 1.89. The number of anilines is 1. The standard InChI is InChI=1S/C11H12BrClN2O3S/c1-6-2-8(12)10(4-9(6)13)15-5-7(3-11(15)16)19(14,17)18/h2,4,7H,3,5H2,1H3,(H2,14,17,18). The van der Waals surface area contributed by atoms with E-state index < -0.39 is 15.3 Å². The van der Waals surface area contributed by atoms with Crippen molar-refractivity contribution in [1.82, 2.24) is 0 Å². The zero-order valence-corrected chi connectivity index (χ0v) is 13.2. The number of nitrogens with zero attached hydrogens (tertiary/aromatic N) is 1. The van der Waals surface area contributed by atoms with Crippen LogP contribution >= 0.6 is 27.5 Å². The number of rotatable bonds is 2. The normalized spacial score (nSPS) is 20.1. The van der Waals surface area contributed by atoms with Crippen molar-refractivity contribution in [2.75, 3.05) is 11.4 Å². The van der Waals surface area contributed by atoms with E-state index in [2.05, 4.69) is 15.9 Å². The van der Waals surface area contributed by atoms with Crippen LogP contribution in [-0.4, -0.2) is 26.1 Å². The summed E-state index contributed by atoms with van der Waals surface area (Å²) in [5, 5.41) is 4.74. The van der Waals surface area contributed by atoms with E-state index in [1.807, 2.05) is 6.92 Å². The number of carbonyl (C=O) groups excluding carboxylic acids is 1. The van der Waals surface area contributed by atoms with Crippen molar-refractivity contribution in [1.29, 1.82) is 0 Å². The molecule has 0 spiro atoms. The average molecular weight is 368 g/mol. The van der Waals surface area contributed by atoms with Gasteiger partial charge in [-0.15, -0.1) is 0 Å². The van der Waals surface area contributed by atoms with Gasteiger partial charge in [0.05, 0.1) is 5.69 Å². The van der Waals surface area contributed by atoms with Gasteiger partial charge in [-0.3, -0.25) is 4.79 Å². The highest BCUT2D eigenvalue weighted by molar-refractivity contribution is 9.10. The predicted molar refractivity (Wildman–Crippen MR) is 77.8 cm³/mol. The topological polar surface area (TPSA) is 80.5 Å². The van der Waals surface area contributed by atoms with E-state index in [4.69, 9.17) is 16.7 Å². The number of amides is 1. The zero-order valence-electron chi connectivity index (χ0n) is 10.1. The Morgan fingerprint density at radius 2 is 2.11 bits per heavy atom. The first-order chi connectivity index (χ1) is 8.70. The third kappa shape index (κ3) is 2.94. The van der Waals surface area contributed by atoms with Crippen LogP contribution in [0.15, 0.2) is 16.6 Å². The van der Waals surface area contributed by atoms with Crippen molar-refractivity contribution in [3.8, 4) is 0 Å². The van der Waals surface area contributed by atoms with Crippen LogP contribution in [0.3, 0.4) is 0 Å². The molecule has 0 bridgehead atoms. The molecule has 2 N–H and O–H groups in total. The molecule has 1 heterocycles. The smallest absolute Gasteiger partial charge is 0.228 e. The fourth-order valence-electron chi connectivity index (χ4n) is 1.97. The number of sulfonamides is 1. The first-order valence-corrected chi connectivity index (χ1v) is 8.26. The Balaban J connectivity index is 2.39. The summed E-state index contributed by atoms with van der Waals surface area (Å²) in [6, 6.07) is 3.43. The number of nitrogens with two attached hydrogens (primary N) is 1. The summed E-state index contributed by atoms with van der Waals surface area (Å²) >= 11 is 9.39. The SMILES string of the molecule is Cc1cc(Br)c(N2CC(S(N)(=O)=O)CC2=O)cc1Cl. The Kier molecular flexibility index (Phi) is 3.92.